The molecule has 3 aromatic carbocycles. The van der Waals surface area contributed by atoms with E-state index in [4.69, 9.17) is 25.6 Å². The van der Waals surface area contributed by atoms with Gasteiger partial charge in [-0.2, -0.15) is 0 Å². The van der Waals surface area contributed by atoms with Gasteiger partial charge < -0.3 is 14.2 Å². The topological polar surface area (TPSA) is 46.5 Å². The molecule has 0 radical (unpaired) electrons. The van der Waals surface area contributed by atoms with Gasteiger partial charge in [0, 0.05) is 17.8 Å². The van der Waals surface area contributed by atoms with Gasteiger partial charge in [-0.15, -0.1) is 11.0 Å². The van der Waals surface area contributed by atoms with E-state index >= 15 is 0 Å². The Bertz CT molecular complexity index is 1210. The van der Waals surface area contributed by atoms with Crippen molar-refractivity contribution in [1.82, 2.24) is 4.78 Å². The van der Waals surface area contributed by atoms with Crippen molar-refractivity contribution in [3.63, 3.8) is 0 Å². The first-order valence-corrected chi connectivity index (χ1v) is 14.1. The number of likely N-dealkylation sites (N-methyl/N-ethyl adjacent to an activating group) is 1. The van der Waals surface area contributed by atoms with Crippen LogP contribution in [-0.4, -0.2) is 37.7 Å². The summed E-state index contributed by atoms with van der Waals surface area (Å²) in [6, 6.07) is 23.4. The van der Waals surface area contributed by atoms with Gasteiger partial charge in [-0.05, 0) is 92.2 Å². The fourth-order valence-corrected chi connectivity index (χ4v) is 4.31. The molecule has 6 nitrogen and oxygen atoms in total. The first-order valence-electron chi connectivity index (χ1n) is 11.4. The highest BCUT2D eigenvalue weighted by Gasteiger charge is 2.20. The Hall–Kier alpha value is -3.16. The number of hydrogen-bond acceptors (Lipinski definition) is 6. The van der Waals surface area contributed by atoms with Crippen molar-refractivity contribution >= 4 is 40.3 Å². The van der Waals surface area contributed by atoms with E-state index in [0.29, 0.717) is 12.4 Å². The van der Waals surface area contributed by atoms with Crippen molar-refractivity contribution in [2.24, 2.45) is 5.10 Å². The molecule has 0 saturated heterocycles. The second kappa shape index (κ2) is 14.4. The minimum Gasteiger partial charge on any atom is -0.492 e. The number of rotatable bonds is 12. The van der Waals surface area contributed by atoms with Gasteiger partial charge in [0.2, 0.25) is 11.8 Å². The maximum absolute atomic E-state index is 5.95. The number of hydrazone groups is 1. The lowest BCUT2D eigenvalue weighted by molar-refractivity contribution is 0.324. The van der Waals surface area contributed by atoms with E-state index in [1.165, 1.54) is 0 Å². The lowest BCUT2D eigenvalue weighted by Crippen LogP contribution is -2.28. The summed E-state index contributed by atoms with van der Waals surface area (Å²) in [6.45, 7) is 6.22. The minimum atomic E-state index is -1.35. The minimum absolute atomic E-state index is 0.569. The molecule has 0 aliphatic heterocycles. The molecular formula is C27H30N3O3P2S+. The first kappa shape index (κ1) is 27.4. The molecule has 0 aliphatic carbocycles. The van der Waals surface area contributed by atoms with Gasteiger partial charge in [0.15, 0.2) is 5.75 Å². The Morgan fingerprint density at radius 1 is 0.972 bits per heavy atom. The maximum atomic E-state index is 5.95. The Morgan fingerprint density at radius 3 is 2.22 bits per heavy atom. The average Bonchev–Trinajstić information content (AvgIpc) is 2.91. The van der Waals surface area contributed by atoms with Gasteiger partial charge in [0.05, 0.1) is 29.3 Å². The molecule has 0 fully saturated rings. The summed E-state index contributed by atoms with van der Waals surface area (Å²) >= 11 is 5.50. The second-order valence-electron chi connectivity index (χ2n) is 7.57. The van der Waals surface area contributed by atoms with Gasteiger partial charge in [0.1, 0.15) is 18.1 Å². The van der Waals surface area contributed by atoms with E-state index in [2.05, 4.69) is 50.4 Å². The summed E-state index contributed by atoms with van der Waals surface area (Å²) in [4.78, 5) is 2.27. The normalized spacial score (nSPS) is 10.8. The van der Waals surface area contributed by atoms with Crippen LogP contribution < -0.4 is 18.7 Å². The van der Waals surface area contributed by atoms with Crippen molar-refractivity contribution < 1.29 is 13.8 Å². The van der Waals surface area contributed by atoms with Crippen LogP contribution in [0.3, 0.4) is 0 Å². The SMILES string of the molecule is CC#Cc1ccc(N(CC)CCOc2ccc(O[P+](=S)N(C)/N=C/c3ccc(OP)cc3)cc2)cc1. The molecule has 0 bridgehead atoms. The quantitative estimate of drug-likeness (QED) is 0.118. The molecule has 2 atom stereocenters. The van der Waals surface area contributed by atoms with Crippen LogP contribution in [0.4, 0.5) is 5.69 Å². The van der Waals surface area contributed by atoms with Crippen molar-refractivity contribution in [3.05, 3.63) is 83.9 Å². The Morgan fingerprint density at radius 2 is 1.61 bits per heavy atom. The number of anilines is 1. The second-order valence-corrected chi connectivity index (χ2v) is 9.98. The lowest BCUT2D eigenvalue weighted by Gasteiger charge is -2.23. The maximum Gasteiger partial charge on any atom is 0.540 e. The fraction of sp³-hybridized carbons (Fsp3) is 0.222. The van der Waals surface area contributed by atoms with Crippen molar-refractivity contribution in [2.75, 3.05) is 31.6 Å². The van der Waals surface area contributed by atoms with Gasteiger partial charge in [0.25, 0.3) is 0 Å². The molecule has 3 aromatic rings. The first-order chi connectivity index (χ1) is 17.5. The zero-order valence-corrected chi connectivity index (χ0v) is 23.5. The Balaban J connectivity index is 1.46. The zero-order valence-electron chi connectivity index (χ0n) is 20.6. The van der Waals surface area contributed by atoms with Crippen LogP contribution in [0.2, 0.25) is 0 Å². The molecule has 2 unspecified atom stereocenters. The summed E-state index contributed by atoms with van der Waals surface area (Å²) in [5.41, 5.74) is 3.12. The highest BCUT2D eigenvalue weighted by Crippen LogP contribution is 2.31. The van der Waals surface area contributed by atoms with E-state index in [1.54, 1.807) is 18.0 Å². The van der Waals surface area contributed by atoms with Crippen LogP contribution in [0.25, 0.3) is 0 Å². The van der Waals surface area contributed by atoms with Crippen LogP contribution in [-0.2, 0) is 11.8 Å². The molecule has 0 spiro atoms. The van der Waals surface area contributed by atoms with Gasteiger partial charge in [-0.1, -0.05) is 10.7 Å². The summed E-state index contributed by atoms with van der Waals surface area (Å²) in [5, 5.41) is 4.39. The molecule has 3 rings (SSSR count). The van der Waals surface area contributed by atoms with E-state index in [9.17, 15) is 0 Å². The van der Waals surface area contributed by atoms with Crippen molar-refractivity contribution in [3.8, 4) is 29.1 Å². The largest absolute Gasteiger partial charge is 0.540 e. The predicted molar refractivity (Wildman–Crippen MR) is 156 cm³/mol. The number of nitrogens with zero attached hydrogens (tertiary/aromatic N) is 3. The van der Waals surface area contributed by atoms with E-state index in [0.717, 1.165) is 41.4 Å². The summed E-state index contributed by atoms with van der Waals surface area (Å²) in [5.74, 6) is 8.22. The molecule has 0 saturated carbocycles. The zero-order chi connectivity index (χ0) is 25.8. The van der Waals surface area contributed by atoms with E-state index < -0.39 is 7.07 Å². The fourth-order valence-electron chi connectivity index (χ4n) is 3.21. The average molecular weight is 539 g/mol. The standard InChI is InChI=1S/C27H30N3O3P2S/c1-4-6-22-7-11-24(12-8-22)30(5-2)19-20-31-25-15-17-27(18-16-25)33-35(36)29(3)28-21-23-9-13-26(32-34)14-10-23/h7-18,21H,5,19-20,34H2,1-3H3/q+1/b28-21+. The van der Waals surface area contributed by atoms with Crippen molar-refractivity contribution in [1.29, 1.82) is 0 Å². The molecular weight excluding hydrogens is 508 g/mol. The molecule has 9 heteroatoms. The molecule has 0 aromatic heterocycles. The summed E-state index contributed by atoms with van der Waals surface area (Å²) in [6.07, 6.45) is 1.74. The summed E-state index contributed by atoms with van der Waals surface area (Å²) < 4.78 is 18.6. The summed E-state index contributed by atoms with van der Waals surface area (Å²) in [7, 11) is 2.68. The number of hydrogen-bond donors (Lipinski definition) is 0. The van der Waals surface area contributed by atoms with Crippen LogP contribution in [0.1, 0.15) is 25.0 Å². The molecule has 186 valence electrons. The monoisotopic (exact) mass is 538 g/mol. The van der Waals surface area contributed by atoms with Gasteiger partial charge in [-0.25, -0.2) is 0 Å². The Labute approximate surface area is 222 Å². The van der Waals surface area contributed by atoms with Crippen LogP contribution in [0, 0.1) is 11.8 Å². The highest BCUT2D eigenvalue weighted by molar-refractivity contribution is 8.02. The molecule has 0 amide bonds. The molecule has 36 heavy (non-hydrogen) atoms. The van der Waals surface area contributed by atoms with Gasteiger partial charge in [-0.3, -0.25) is 4.52 Å². The number of benzene rings is 3. The Kier molecular flexibility index (Phi) is 11.0. The molecule has 0 aliphatic rings. The third kappa shape index (κ3) is 8.50. The van der Waals surface area contributed by atoms with Crippen molar-refractivity contribution in [2.45, 2.75) is 13.8 Å². The number of ether oxygens (including phenoxy) is 1. The van der Waals surface area contributed by atoms with Gasteiger partial charge >= 0.3 is 7.07 Å². The van der Waals surface area contributed by atoms with E-state index in [-0.39, 0.29) is 0 Å². The van der Waals surface area contributed by atoms with E-state index in [1.807, 2.05) is 67.6 Å². The molecule has 0 heterocycles. The third-order valence-electron chi connectivity index (χ3n) is 5.15. The van der Waals surface area contributed by atoms with Crippen LogP contribution in [0.15, 0.2) is 77.9 Å². The third-order valence-corrected chi connectivity index (χ3v) is 7.29. The van der Waals surface area contributed by atoms with Crippen LogP contribution in [0.5, 0.6) is 17.2 Å². The molecule has 0 N–H and O–H groups in total. The lowest BCUT2D eigenvalue weighted by atomic mass is 10.2. The highest BCUT2D eigenvalue weighted by atomic mass is 32.4. The predicted octanol–water partition coefficient (Wildman–Crippen LogP) is 6.25. The van der Waals surface area contributed by atoms with Crippen LogP contribution >= 0.6 is 16.5 Å². The smallest absolute Gasteiger partial charge is 0.492 e.